The van der Waals surface area contributed by atoms with Crippen molar-refractivity contribution >= 4 is 28.9 Å². The van der Waals surface area contributed by atoms with Gasteiger partial charge in [0, 0.05) is 17.8 Å². The number of anilines is 2. The van der Waals surface area contributed by atoms with Crippen molar-refractivity contribution in [3.63, 3.8) is 0 Å². The molecule has 7 heteroatoms. The lowest BCUT2D eigenvalue weighted by molar-refractivity contribution is -0.121. The van der Waals surface area contributed by atoms with Crippen molar-refractivity contribution in [3.05, 3.63) is 35.6 Å². The Morgan fingerprint density at radius 2 is 2.25 bits per heavy atom. The van der Waals surface area contributed by atoms with Gasteiger partial charge in [-0.25, -0.2) is 0 Å². The summed E-state index contributed by atoms with van der Waals surface area (Å²) in [6.45, 7) is 1.07. The first-order chi connectivity index (χ1) is 9.63. The van der Waals surface area contributed by atoms with Gasteiger partial charge in [-0.15, -0.1) is 0 Å². The smallest absolute Gasteiger partial charge is 0.265 e. The second-order valence-electron chi connectivity index (χ2n) is 4.48. The van der Waals surface area contributed by atoms with Crippen LogP contribution in [0.1, 0.15) is 0 Å². The number of rotatable bonds is 3. The van der Waals surface area contributed by atoms with Crippen LogP contribution < -0.4 is 15.4 Å². The van der Waals surface area contributed by atoms with E-state index in [0.29, 0.717) is 35.2 Å². The Balaban J connectivity index is 1.82. The molecule has 0 atom stereocenters. The third kappa shape index (κ3) is 2.42. The molecular weight excluding hydrogens is 280 g/mol. The lowest BCUT2D eigenvalue weighted by atomic mass is 10.2. The van der Waals surface area contributed by atoms with Gasteiger partial charge in [-0.2, -0.15) is 5.10 Å². The summed E-state index contributed by atoms with van der Waals surface area (Å²) in [6.07, 6.45) is 3.30. The Kier molecular flexibility index (Phi) is 3.23. The summed E-state index contributed by atoms with van der Waals surface area (Å²) in [5.41, 5.74) is 6.90. The van der Waals surface area contributed by atoms with Gasteiger partial charge in [0.2, 0.25) is 0 Å². The molecule has 104 valence electrons. The maximum Gasteiger partial charge on any atom is 0.265 e. The molecule has 0 saturated heterocycles. The predicted octanol–water partition coefficient (Wildman–Crippen LogP) is 1.54. The van der Waals surface area contributed by atoms with Gasteiger partial charge in [0.25, 0.3) is 5.91 Å². The Hall–Kier alpha value is -2.21. The standard InChI is InChI=1S/C13H13ClN4O2/c14-9-1-2-12-11(5-9)18(13(19)8-20-12)4-3-17-7-10(15)6-16-17/h1-2,5-7H,3-4,8,15H2. The van der Waals surface area contributed by atoms with Crippen molar-refractivity contribution in [1.82, 2.24) is 9.78 Å². The predicted molar refractivity (Wildman–Crippen MR) is 75.9 cm³/mol. The van der Waals surface area contributed by atoms with E-state index in [-0.39, 0.29) is 12.5 Å². The number of fused-ring (bicyclic) bond motifs is 1. The summed E-state index contributed by atoms with van der Waals surface area (Å²) < 4.78 is 7.08. The quantitative estimate of drug-likeness (QED) is 0.931. The zero-order valence-corrected chi connectivity index (χ0v) is 11.4. The number of carbonyl (C=O) groups is 1. The highest BCUT2D eigenvalue weighted by atomic mass is 35.5. The van der Waals surface area contributed by atoms with E-state index >= 15 is 0 Å². The molecule has 3 rings (SSSR count). The van der Waals surface area contributed by atoms with Crippen molar-refractivity contribution in [2.75, 3.05) is 23.8 Å². The van der Waals surface area contributed by atoms with Gasteiger partial charge in [0.05, 0.1) is 24.1 Å². The summed E-state index contributed by atoms with van der Waals surface area (Å²) in [4.78, 5) is 13.7. The topological polar surface area (TPSA) is 73.4 Å². The monoisotopic (exact) mass is 292 g/mol. The van der Waals surface area contributed by atoms with E-state index in [4.69, 9.17) is 22.1 Å². The number of nitrogens with two attached hydrogens (primary N) is 1. The van der Waals surface area contributed by atoms with Crippen LogP contribution in [0.15, 0.2) is 30.6 Å². The molecule has 1 amide bonds. The Morgan fingerprint density at radius 3 is 3.00 bits per heavy atom. The first kappa shape index (κ1) is 12.8. The normalized spacial score (nSPS) is 14.1. The first-order valence-electron chi connectivity index (χ1n) is 6.14. The Morgan fingerprint density at radius 1 is 1.40 bits per heavy atom. The van der Waals surface area contributed by atoms with Crippen LogP contribution in [0.5, 0.6) is 5.75 Å². The third-order valence-corrected chi connectivity index (χ3v) is 3.31. The summed E-state index contributed by atoms with van der Waals surface area (Å²) in [6, 6.07) is 5.23. The molecule has 1 aliphatic heterocycles. The molecule has 0 spiro atoms. The molecular formula is C13H13ClN4O2. The van der Waals surface area contributed by atoms with Gasteiger partial charge in [0.15, 0.2) is 6.61 Å². The highest BCUT2D eigenvalue weighted by Crippen LogP contribution is 2.34. The number of amides is 1. The molecule has 2 heterocycles. The van der Waals surface area contributed by atoms with E-state index in [9.17, 15) is 4.79 Å². The van der Waals surface area contributed by atoms with Crippen LogP contribution in [0.3, 0.4) is 0 Å². The van der Waals surface area contributed by atoms with E-state index in [1.54, 1.807) is 40.2 Å². The number of carbonyl (C=O) groups excluding carboxylic acids is 1. The molecule has 0 aliphatic carbocycles. The van der Waals surface area contributed by atoms with Crippen LogP contribution in [0.2, 0.25) is 5.02 Å². The maximum atomic E-state index is 12.0. The molecule has 1 aromatic heterocycles. The first-order valence-corrected chi connectivity index (χ1v) is 6.52. The van der Waals surface area contributed by atoms with Gasteiger partial charge in [0.1, 0.15) is 5.75 Å². The molecule has 0 radical (unpaired) electrons. The summed E-state index contributed by atoms with van der Waals surface area (Å²) >= 11 is 5.98. The van der Waals surface area contributed by atoms with Crippen molar-refractivity contribution in [2.45, 2.75) is 6.54 Å². The molecule has 2 N–H and O–H groups in total. The van der Waals surface area contributed by atoms with Crippen molar-refractivity contribution in [1.29, 1.82) is 0 Å². The zero-order valence-electron chi connectivity index (χ0n) is 10.6. The fraction of sp³-hybridized carbons (Fsp3) is 0.231. The summed E-state index contributed by atoms with van der Waals surface area (Å²) in [7, 11) is 0. The number of aromatic nitrogens is 2. The number of benzene rings is 1. The van der Waals surface area contributed by atoms with Gasteiger partial charge in [-0.1, -0.05) is 11.6 Å². The fourth-order valence-electron chi connectivity index (χ4n) is 2.12. The molecule has 2 aromatic rings. The highest BCUT2D eigenvalue weighted by molar-refractivity contribution is 6.31. The van der Waals surface area contributed by atoms with Gasteiger partial charge < -0.3 is 15.4 Å². The number of hydrogen-bond acceptors (Lipinski definition) is 4. The van der Waals surface area contributed by atoms with Gasteiger partial charge in [-0.05, 0) is 18.2 Å². The third-order valence-electron chi connectivity index (χ3n) is 3.07. The second-order valence-corrected chi connectivity index (χ2v) is 4.92. The van der Waals surface area contributed by atoms with Crippen LogP contribution in [-0.2, 0) is 11.3 Å². The Labute approximate surface area is 120 Å². The molecule has 0 bridgehead atoms. The maximum absolute atomic E-state index is 12.0. The average molecular weight is 293 g/mol. The van der Waals surface area contributed by atoms with Gasteiger partial charge in [-0.3, -0.25) is 9.48 Å². The largest absolute Gasteiger partial charge is 0.482 e. The van der Waals surface area contributed by atoms with Crippen LogP contribution >= 0.6 is 11.6 Å². The SMILES string of the molecule is Nc1cnn(CCN2C(=O)COc3ccc(Cl)cc32)c1. The molecule has 1 aromatic carbocycles. The van der Waals surface area contributed by atoms with E-state index in [1.165, 1.54) is 0 Å². The van der Waals surface area contributed by atoms with E-state index in [2.05, 4.69) is 5.10 Å². The van der Waals surface area contributed by atoms with Crippen LogP contribution in [-0.4, -0.2) is 28.8 Å². The van der Waals surface area contributed by atoms with Crippen molar-refractivity contribution < 1.29 is 9.53 Å². The number of halogens is 1. The van der Waals surface area contributed by atoms with Crippen LogP contribution in [0, 0.1) is 0 Å². The van der Waals surface area contributed by atoms with E-state index < -0.39 is 0 Å². The molecule has 6 nitrogen and oxygen atoms in total. The van der Waals surface area contributed by atoms with Crippen molar-refractivity contribution in [2.24, 2.45) is 0 Å². The Bertz CT molecular complexity index is 656. The van der Waals surface area contributed by atoms with Crippen LogP contribution in [0.25, 0.3) is 0 Å². The van der Waals surface area contributed by atoms with Crippen LogP contribution in [0.4, 0.5) is 11.4 Å². The van der Waals surface area contributed by atoms with E-state index in [1.807, 2.05) is 0 Å². The molecule has 0 fully saturated rings. The minimum Gasteiger partial charge on any atom is -0.482 e. The van der Waals surface area contributed by atoms with Crippen molar-refractivity contribution in [3.8, 4) is 5.75 Å². The number of nitrogens with zero attached hydrogens (tertiary/aromatic N) is 3. The summed E-state index contributed by atoms with van der Waals surface area (Å²) in [5.74, 6) is 0.564. The lowest BCUT2D eigenvalue weighted by Gasteiger charge is -2.29. The van der Waals surface area contributed by atoms with E-state index in [0.717, 1.165) is 0 Å². The minimum atomic E-state index is -0.0973. The number of nitrogen functional groups attached to an aromatic ring is 1. The van der Waals surface area contributed by atoms with Gasteiger partial charge >= 0.3 is 0 Å². The summed E-state index contributed by atoms with van der Waals surface area (Å²) in [5, 5.41) is 4.66. The molecule has 0 saturated carbocycles. The number of ether oxygens (including phenoxy) is 1. The molecule has 1 aliphatic rings. The molecule has 20 heavy (non-hydrogen) atoms. The molecule has 0 unspecified atom stereocenters. The average Bonchev–Trinajstić information content (AvgIpc) is 2.83. The second kappa shape index (κ2) is 5.05. The number of hydrogen-bond donors (Lipinski definition) is 1. The lowest BCUT2D eigenvalue weighted by Crippen LogP contribution is -2.40. The minimum absolute atomic E-state index is 0.0376. The zero-order chi connectivity index (χ0) is 14.1. The highest BCUT2D eigenvalue weighted by Gasteiger charge is 2.25. The fourth-order valence-corrected chi connectivity index (χ4v) is 2.29.